The molecule has 1 rings (SSSR count). The van der Waals surface area contributed by atoms with E-state index in [1.54, 1.807) is 0 Å². The first-order valence-electron chi connectivity index (χ1n) is 11.6. The summed E-state index contributed by atoms with van der Waals surface area (Å²) in [5, 5.41) is 10.1. The summed E-state index contributed by atoms with van der Waals surface area (Å²) in [4.78, 5) is 9.70. The molecule has 1 aromatic carbocycles. The van der Waals surface area contributed by atoms with E-state index in [9.17, 15) is 10.00 Å². The van der Waals surface area contributed by atoms with Crippen LogP contribution in [-0.2, 0) is 15.5 Å². The highest BCUT2D eigenvalue weighted by Gasteiger charge is 2.12. The number of benzene rings is 1. The van der Waals surface area contributed by atoms with Crippen molar-refractivity contribution in [3.8, 4) is 0 Å². The summed E-state index contributed by atoms with van der Waals surface area (Å²) in [7, 11) is 4.45. The number of nitrogens with zero attached hydrogens (tertiary/aromatic N) is 1. The number of aryl methyl sites for hydroxylation is 1. The van der Waals surface area contributed by atoms with E-state index >= 15 is 0 Å². The van der Waals surface area contributed by atoms with Crippen LogP contribution < -0.4 is 0 Å². The van der Waals surface area contributed by atoms with Crippen LogP contribution in [0.4, 0.5) is 0 Å². The third kappa shape index (κ3) is 17.2. The van der Waals surface area contributed by atoms with Gasteiger partial charge in [-0.15, -0.1) is 0 Å². The SMILES string of the molecule is C[N+](C)(C)CCOP(O)OCCCC(O)CCCCCCCCCc1ccccc1. The minimum absolute atomic E-state index is 0.261. The standard InChI is InChI=1S/C24H45NO4P/c1-25(2,3)20-22-29-30(27)28-21-14-19-24(26)18-13-8-6-4-5-7-10-15-23-16-11-9-12-17-23/h9,11-12,16-17,24,26-27H,4-8,10,13-15,18-22H2,1-3H3/q+1. The average Bonchev–Trinajstić information content (AvgIpc) is 2.70. The van der Waals surface area contributed by atoms with Crippen molar-refractivity contribution in [3.63, 3.8) is 0 Å². The summed E-state index contributed by atoms with van der Waals surface area (Å²) in [6.07, 6.45) is 12.0. The summed E-state index contributed by atoms with van der Waals surface area (Å²) in [6, 6.07) is 10.7. The van der Waals surface area contributed by atoms with Crippen LogP contribution in [-0.4, -0.2) is 61.5 Å². The van der Waals surface area contributed by atoms with Crippen molar-refractivity contribution in [2.75, 3.05) is 40.9 Å². The minimum atomic E-state index is -1.79. The van der Waals surface area contributed by atoms with Crippen LogP contribution in [0, 0.1) is 0 Å². The maximum absolute atomic E-state index is 10.1. The lowest BCUT2D eigenvalue weighted by Gasteiger charge is -2.23. The molecule has 0 radical (unpaired) electrons. The van der Waals surface area contributed by atoms with E-state index in [-0.39, 0.29) is 6.10 Å². The van der Waals surface area contributed by atoms with Crippen LogP contribution in [0.3, 0.4) is 0 Å². The largest absolute Gasteiger partial charge is 0.393 e. The first-order valence-corrected chi connectivity index (χ1v) is 12.8. The Morgan fingerprint density at radius 2 is 1.37 bits per heavy atom. The number of aliphatic hydroxyl groups excluding tert-OH is 1. The predicted octanol–water partition coefficient (Wildman–Crippen LogP) is 5.45. The molecule has 0 bridgehead atoms. The Morgan fingerprint density at radius 3 is 2.03 bits per heavy atom. The molecule has 0 saturated heterocycles. The van der Waals surface area contributed by atoms with Crippen molar-refractivity contribution < 1.29 is 23.5 Å². The molecule has 0 amide bonds. The summed E-state index contributed by atoms with van der Waals surface area (Å²) in [5.41, 5.74) is 1.44. The Labute approximate surface area is 186 Å². The van der Waals surface area contributed by atoms with Crippen molar-refractivity contribution in [1.29, 1.82) is 0 Å². The van der Waals surface area contributed by atoms with Gasteiger partial charge in [-0.2, -0.15) is 0 Å². The number of unbranched alkanes of at least 4 members (excludes halogenated alkanes) is 6. The van der Waals surface area contributed by atoms with Gasteiger partial charge in [-0.25, -0.2) is 0 Å². The quantitative estimate of drug-likeness (QED) is 0.170. The molecular weight excluding hydrogens is 397 g/mol. The molecule has 1 aromatic rings. The van der Waals surface area contributed by atoms with Gasteiger partial charge in [0.25, 0.3) is 0 Å². The molecule has 0 aliphatic heterocycles. The van der Waals surface area contributed by atoms with Gasteiger partial charge in [0, 0.05) is 0 Å². The summed E-state index contributed by atoms with van der Waals surface area (Å²) >= 11 is 0. The molecule has 2 N–H and O–H groups in total. The first-order chi connectivity index (χ1) is 14.4. The molecule has 0 aromatic heterocycles. The smallest absolute Gasteiger partial charge is 0.330 e. The molecule has 2 unspecified atom stereocenters. The Morgan fingerprint density at radius 1 is 0.800 bits per heavy atom. The van der Waals surface area contributed by atoms with Gasteiger partial charge < -0.3 is 23.5 Å². The third-order valence-electron chi connectivity index (χ3n) is 5.19. The zero-order valence-corrected chi connectivity index (χ0v) is 20.4. The molecule has 5 nitrogen and oxygen atoms in total. The average molecular weight is 443 g/mol. The van der Waals surface area contributed by atoms with E-state index in [0.29, 0.717) is 13.2 Å². The second-order valence-electron chi connectivity index (χ2n) is 9.21. The maximum atomic E-state index is 10.1. The number of quaternary nitrogens is 1. The lowest BCUT2D eigenvalue weighted by atomic mass is 10.0. The first kappa shape index (κ1) is 27.5. The van der Waals surface area contributed by atoms with E-state index in [0.717, 1.165) is 36.7 Å². The zero-order chi connectivity index (χ0) is 22.1. The van der Waals surface area contributed by atoms with Gasteiger partial charge >= 0.3 is 8.60 Å². The molecule has 2 atom stereocenters. The van der Waals surface area contributed by atoms with Crippen LogP contribution in [0.1, 0.15) is 69.8 Å². The van der Waals surface area contributed by atoms with E-state index in [4.69, 9.17) is 9.05 Å². The summed E-state index contributed by atoms with van der Waals surface area (Å²) in [5.74, 6) is 0. The van der Waals surface area contributed by atoms with E-state index in [1.807, 2.05) is 0 Å². The lowest BCUT2D eigenvalue weighted by molar-refractivity contribution is -0.870. The second kappa shape index (κ2) is 17.1. The Hall–Kier alpha value is -0.550. The zero-order valence-electron chi connectivity index (χ0n) is 19.5. The highest BCUT2D eigenvalue weighted by Crippen LogP contribution is 2.32. The van der Waals surface area contributed by atoms with Crippen LogP contribution in [0.25, 0.3) is 0 Å². The van der Waals surface area contributed by atoms with Crippen LogP contribution in [0.5, 0.6) is 0 Å². The van der Waals surface area contributed by atoms with Crippen molar-refractivity contribution in [2.45, 2.75) is 76.7 Å². The van der Waals surface area contributed by atoms with Gasteiger partial charge in [-0.05, 0) is 37.7 Å². The van der Waals surface area contributed by atoms with E-state index in [2.05, 4.69) is 51.5 Å². The van der Waals surface area contributed by atoms with Gasteiger partial charge in [0.15, 0.2) is 0 Å². The van der Waals surface area contributed by atoms with Crippen LogP contribution in [0.2, 0.25) is 0 Å². The van der Waals surface area contributed by atoms with E-state index in [1.165, 1.54) is 50.5 Å². The highest BCUT2D eigenvalue weighted by molar-refractivity contribution is 7.40. The van der Waals surface area contributed by atoms with Crippen molar-refractivity contribution in [1.82, 2.24) is 0 Å². The van der Waals surface area contributed by atoms with Gasteiger partial charge in [-0.3, -0.25) is 0 Å². The lowest BCUT2D eigenvalue weighted by Crippen LogP contribution is -2.37. The number of aliphatic hydroxyl groups is 1. The second-order valence-corrected chi connectivity index (χ2v) is 10.2. The monoisotopic (exact) mass is 442 g/mol. The number of hydrogen-bond acceptors (Lipinski definition) is 4. The van der Waals surface area contributed by atoms with Crippen LogP contribution in [0.15, 0.2) is 30.3 Å². The van der Waals surface area contributed by atoms with Gasteiger partial charge in [0.1, 0.15) is 13.2 Å². The Bertz CT molecular complexity index is 510. The normalized spacial score (nSPS) is 14.0. The molecule has 0 aliphatic rings. The van der Waals surface area contributed by atoms with Gasteiger partial charge in [0.05, 0.1) is 33.9 Å². The molecule has 0 spiro atoms. The van der Waals surface area contributed by atoms with Gasteiger partial charge in [0.2, 0.25) is 0 Å². The molecule has 0 heterocycles. The number of likely N-dealkylation sites (N-methyl/N-ethyl adjacent to an activating group) is 1. The fourth-order valence-corrected chi connectivity index (χ4v) is 3.87. The molecule has 174 valence electrons. The topological polar surface area (TPSA) is 58.9 Å². The molecule has 0 saturated carbocycles. The highest BCUT2D eigenvalue weighted by atomic mass is 31.2. The number of rotatable bonds is 19. The minimum Gasteiger partial charge on any atom is -0.393 e. The predicted molar refractivity (Wildman–Crippen MR) is 126 cm³/mol. The molecule has 6 heteroatoms. The van der Waals surface area contributed by atoms with Gasteiger partial charge in [-0.1, -0.05) is 68.9 Å². The van der Waals surface area contributed by atoms with Crippen molar-refractivity contribution in [2.24, 2.45) is 0 Å². The summed E-state index contributed by atoms with van der Waals surface area (Å²) in [6.45, 7) is 1.75. The maximum Gasteiger partial charge on any atom is 0.330 e. The Kier molecular flexibility index (Phi) is 15.6. The third-order valence-corrected chi connectivity index (χ3v) is 6.00. The molecular formula is C24H45NO4P+. The molecule has 0 aliphatic carbocycles. The number of hydrogen-bond donors (Lipinski definition) is 2. The van der Waals surface area contributed by atoms with E-state index < -0.39 is 8.60 Å². The van der Waals surface area contributed by atoms with Crippen molar-refractivity contribution >= 4 is 8.60 Å². The molecule has 0 fully saturated rings. The summed E-state index contributed by atoms with van der Waals surface area (Å²) < 4.78 is 11.4. The molecule has 30 heavy (non-hydrogen) atoms. The fourth-order valence-electron chi connectivity index (χ4n) is 3.27. The Balaban J connectivity index is 1.84. The van der Waals surface area contributed by atoms with Crippen LogP contribution >= 0.6 is 8.60 Å². The van der Waals surface area contributed by atoms with Crippen molar-refractivity contribution in [3.05, 3.63) is 35.9 Å². The fraction of sp³-hybridized carbons (Fsp3) is 0.750.